The molecule has 0 spiro atoms. The van der Waals surface area contributed by atoms with Gasteiger partial charge in [-0.1, -0.05) is 23.7 Å². The zero-order valence-electron chi connectivity index (χ0n) is 12.6. The van der Waals surface area contributed by atoms with E-state index >= 15 is 0 Å². The third kappa shape index (κ3) is 2.87. The highest BCUT2D eigenvalue weighted by Gasteiger charge is 2.29. The van der Waals surface area contributed by atoms with Crippen LogP contribution in [0.2, 0.25) is 5.02 Å². The molecule has 1 fully saturated rings. The number of aromatic nitrogens is 2. The lowest BCUT2D eigenvalue weighted by molar-refractivity contribution is -0.0389. The van der Waals surface area contributed by atoms with E-state index in [1.54, 1.807) is 23.0 Å². The molecule has 2 heterocycles. The highest BCUT2D eigenvalue weighted by atomic mass is 35.5. The Morgan fingerprint density at radius 1 is 1.32 bits per heavy atom. The van der Waals surface area contributed by atoms with Crippen LogP contribution in [0.4, 0.5) is 0 Å². The molecule has 1 aliphatic heterocycles. The van der Waals surface area contributed by atoms with Crippen LogP contribution in [0, 0.1) is 0 Å². The van der Waals surface area contributed by atoms with Crippen molar-refractivity contribution in [2.75, 3.05) is 13.2 Å². The molecule has 2 atom stereocenters. The molecule has 2 unspecified atom stereocenters. The summed E-state index contributed by atoms with van der Waals surface area (Å²) in [5.74, 6) is -0.0755. The van der Waals surface area contributed by atoms with Crippen molar-refractivity contribution in [3.63, 3.8) is 0 Å². The van der Waals surface area contributed by atoms with Gasteiger partial charge in [-0.05, 0) is 32.0 Å². The van der Waals surface area contributed by atoms with Crippen LogP contribution in [0.25, 0.3) is 5.69 Å². The maximum Gasteiger partial charge on any atom is 0.274 e. The lowest BCUT2D eigenvalue weighted by atomic mass is 10.2. The number of hydrogen-bond acceptors (Lipinski definition) is 3. The molecular formula is C16H18ClN3O2. The minimum atomic E-state index is -0.0755. The van der Waals surface area contributed by atoms with Gasteiger partial charge in [-0.2, -0.15) is 5.10 Å². The van der Waals surface area contributed by atoms with Crippen LogP contribution in [0.1, 0.15) is 24.3 Å². The van der Waals surface area contributed by atoms with Gasteiger partial charge in [-0.25, -0.2) is 4.68 Å². The van der Waals surface area contributed by atoms with Crippen molar-refractivity contribution in [3.8, 4) is 5.69 Å². The van der Waals surface area contributed by atoms with Gasteiger partial charge in [-0.15, -0.1) is 0 Å². The van der Waals surface area contributed by atoms with Crippen molar-refractivity contribution in [2.45, 2.75) is 26.0 Å². The fraction of sp³-hybridized carbons (Fsp3) is 0.375. The van der Waals surface area contributed by atoms with Crippen LogP contribution in [0.5, 0.6) is 0 Å². The standard InChI is InChI=1S/C16H18ClN3O2/c1-11-10-22-12(2)9-19(11)16(21)14-7-8-20(18-14)15-6-4-3-5-13(15)17/h3-8,11-12H,9-10H2,1-2H3. The number of carbonyl (C=O) groups is 1. The first-order chi connectivity index (χ1) is 10.6. The highest BCUT2D eigenvalue weighted by molar-refractivity contribution is 6.32. The molecule has 0 bridgehead atoms. The molecule has 1 saturated heterocycles. The summed E-state index contributed by atoms with van der Waals surface area (Å²) in [5, 5.41) is 4.97. The number of halogens is 1. The van der Waals surface area contributed by atoms with Gasteiger partial charge < -0.3 is 9.64 Å². The molecule has 1 aliphatic rings. The molecule has 5 nitrogen and oxygen atoms in total. The summed E-state index contributed by atoms with van der Waals surface area (Å²) >= 11 is 6.17. The molecule has 1 aromatic carbocycles. The van der Waals surface area contributed by atoms with Gasteiger partial charge >= 0.3 is 0 Å². The summed E-state index contributed by atoms with van der Waals surface area (Å²) in [7, 11) is 0. The van der Waals surface area contributed by atoms with E-state index in [2.05, 4.69) is 5.10 Å². The Balaban J connectivity index is 1.84. The Bertz CT molecular complexity index is 686. The largest absolute Gasteiger partial charge is 0.375 e. The summed E-state index contributed by atoms with van der Waals surface area (Å²) in [6.45, 7) is 5.08. The molecule has 3 rings (SSSR count). The normalized spacial score (nSPS) is 21.9. The number of hydrogen-bond donors (Lipinski definition) is 0. The second-order valence-electron chi connectivity index (χ2n) is 5.55. The first kappa shape index (κ1) is 15.1. The van der Waals surface area contributed by atoms with E-state index in [0.29, 0.717) is 23.9 Å². The van der Waals surface area contributed by atoms with E-state index in [4.69, 9.17) is 16.3 Å². The lowest BCUT2D eigenvalue weighted by Gasteiger charge is -2.36. The van der Waals surface area contributed by atoms with E-state index in [-0.39, 0.29) is 18.1 Å². The predicted molar refractivity (Wildman–Crippen MR) is 84.5 cm³/mol. The third-order valence-corrected chi connectivity index (χ3v) is 4.10. The molecule has 6 heteroatoms. The minimum Gasteiger partial charge on any atom is -0.375 e. The molecule has 0 N–H and O–H groups in total. The van der Waals surface area contributed by atoms with Crippen molar-refractivity contribution in [1.82, 2.24) is 14.7 Å². The summed E-state index contributed by atoms with van der Waals surface area (Å²) in [4.78, 5) is 14.5. The second-order valence-corrected chi connectivity index (χ2v) is 5.95. The predicted octanol–water partition coefficient (Wildman–Crippen LogP) is 2.78. The van der Waals surface area contributed by atoms with Crippen molar-refractivity contribution in [2.24, 2.45) is 0 Å². The number of rotatable bonds is 2. The number of para-hydroxylation sites is 1. The number of carbonyl (C=O) groups excluding carboxylic acids is 1. The van der Waals surface area contributed by atoms with Crippen molar-refractivity contribution >= 4 is 17.5 Å². The summed E-state index contributed by atoms with van der Waals surface area (Å²) < 4.78 is 7.19. The number of nitrogens with zero attached hydrogens (tertiary/aromatic N) is 3. The van der Waals surface area contributed by atoms with Gasteiger partial charge in [0.15, 0.2) is 5.69 Å². The van der Waals surface area contributed by atoms with Crippen LogP contribution in [0.15, 0.2) is 36.5 Å². The maximum absolute atomic E-state index is 12.6. The van der Waals surface area contributed by atoms with Gasteiger partial charge in [0.05, 0.1) is 29.5 Å². The topological polar surface area (TPSA) is 47.4 Å². The first-order valence-electron chi connectivity index (χ1n) is 7.29. The third-order valence-electron chi connectivity index (χ3n) is 3.78. The zero-order valence-corrected chi connectivity index (χ0v) is 13.3. The average molecular weight is 320 g/mol. The van der Waals surface area contributed by atoms with E-state index in [0.717, 1.165) is 5.69 Å². The van der Waals surface area contributed by atoms with E-state index in [1.165, 1.54) is 0 Å². The molecule has 1 amide bonds. The van der Waals surface area contributed by atoms with Crippen LogP contribution < -0.4 is 0 Å². The fourth-order valence-corrected chi connectivity index (χ4v) is 2.77. The minimum absolute atomic E-state index is 0.0470. The number of benzene rings is 1. The Labute approximate surface area is 134 Å². The van der Waals surface area contributed by atoms with Crippen LogP contribution in [0.3, 0.4) is 0 Å². The molecule has 116 valence electrons. The molecule has 0 radical (unpaired) electrons. The Morgan fingerprint density at radius 3 is 2.86 bits per heavy atom. The number of morpholine rings is 1. The lowest BCUT2D eigenvalue weighted by Crippen LogP contribution is -2.50. The second kappa shape index (κ2) is 6.10. The van der Waals surface area contributed by atoms with E-state index < -0.39 is 0 Å². The fourth-order valence-electron chi connectivity index (χ4n) is 2.54. The molecule has 0 saturated carbocycles. The smallest absolute Gasteiger partial charge is 0.274 e. The van der Waals surface area contributed by atoms with Crippen molar-refractivity contribution < 1.29 is 9.53 Å². The molecule has 22 heavy (non-hydrogen) atoms. The molecular weight excluding hydrogens is 302 g/mol. The van der Waals surface area contributed by atoms with Crippen molar-refractivity contribution in [1.29, 1.82) is 0 Å². The van der Waals surface area contributed by atoms with Gasteiger partial charge in [-0.3, -0.25) is 4.79 Å². The summed E-state index contributed by atoms with van der Waals surface area (Å²) in [5.41, 5.74) is 1.17. The van der Waals surface area contributed by atoms with Gasteiger partial charge in [0.2, 0.25) is 0 Å². The van der Waals surface area contributed by atoms with E-state index in [1.807, 2.05) is 36.9 Å². The number of ether oxygens (including phenoxy) is 1. The van der Waals surface area contributed by atoms with Crippen LogP contribution in [-0.2, 0) is 4.74 Å². The summed E-state index contributed by atoms with van der Waals surface area (Å²) in [6.07, 6.45) is 1.80. The Kier molecular flexibility index (Phi) is 4.18. The monoisotopic (exact) mass is 319 g/mol. The Hall–Kier alpha value is -1.85. The zero-order chi connectivity index (χ0) is 15.7. The Morgan fingerprint density at radius 2 is 2.09 bits per heavy atom. The molecule has 2 aromatic rings. The highest BCUT2D eigenvalue weighted by Crippen LogP contribution is 2.20. The van der Waals surface area contributed by atoms with Crippen molar-refractivity contribution in [3.05, 3.63) is 47.2 Å². The molecule has 1 aromatic heterocycles. The van der Waals surface area contributed by atoms with Gasteiger partial charge in [0.1, 0.15) is 0 Å². The number of amides is 1. The quantitative estimate of drug-likeness (QED) is 0.855. The van der Waals surface area contributed by atoms with Gasteiger partial charge in [0, 0.05) is 12.7 Å². The maximum atomic E-state index is 12.6. The van der Waals surface area contributed by atoms with Crippen LogP contribution >= 0.6 is 11.6 Å². The first-order valence-corrected chi connectivity index (χ1v) is 7.67. The van der Waals surface area contributed by atoms with Crippen LogP contribution in [-0.4, -0.2) is 45.9 Å². The SMILES string of the molecule is CC1CN(C(=O)c2ccn(-c3ccccc3Cl)n2)C(C)CO1. The van der Waals surface area contributed by atoms with Gasteiger partial charge in [0.25, 0.3) is 5.91 Å². The summed E-state index contributed by atoms with van der Waals surface area (Å²) in [6, 6.07) is 9.18. The molecule has 0 aliphatic carbocycles. The van der Waals surface area contributed by atoms with E-state index in [9.17, 15) is 4.79 Å². The average Bonchev–Trinajstić information content (AvgIpc) is 2.99.